The van der Waals surface area contributed by atoms with E-state index in [1.165, 1.54) is 0 Å². The van der Waals surface area contributed by atoms with Crippen molar-refractivity contribution in [2.45, 2.75) is 0 Å². The summed E-state index contributed by atoms with van der Waals surface area (Å²) in [4.78, 5) is 11.9. The van der Waals surface area contributed by atoms with E-state index in [1.54, 1.807) is 25.3 Å². The van der Waals surface area contributed by atoms with Crippen LogP contribution in [-0.4, -0.2) is 17.3 Å². The van der Waals surface area contributed by atoms with E-state index in [9.17, 15) is 4.79 Å². The van der Waals surface area contributed by atoms with Gasteiger partial charge < -0.3 is 4.74 Å². The van der Waals surface area contributed by atoms with Crippen LogP contribution in [0.25, 0.3) is 22.0 Å². The van der Waals surface area contributed by atoms with Gasteiger partial charge in [-0.05, 0) is 30.3 Å². The van der Waals surface area contributed by atoms with Crippen molar-refractivity contribution in [1.29, 1.82) is 0 Å². The monoisotopic (exact) mass is 286 g/mol. The minimum absolute atomic E-state index is 0.239. The van der Waals surface area contributed by atoms with Gasteiger partial charge in [-0.1, -0.05) is 23.7 Å². The molecule has 0 aliphatic heterocycles. The molecule has 0 fully saturated rings. The van der Waals surface area contributed by atoms with Gasteiger partial charge in [0.1, 0.15) is 5.75 Å². The predicted molar refractivity (Wildman–Crippen MR) is 79.4 cm³/mol. The molecular weight excluding hydrogens is 276 g/mol. The van der Waals surface area contributed by atoms with Crippen molar-refractivity contribution in [3.63, 3.8) is 0 Å². The van der Waals surface area contributed by atoms with Crippen LogP contribution in [-0.2, 0) is 0 Å². The number of fused-ring (bicyclic) bond motifs is 1. The lowest BCUT2D eigenvalue weighted by atomic mass is 10.1. The van der Waals surface area contributed by atoms with Crippen molar-refractivity contribution >= 4 is 22.4 Å². The summed E-state index contributed by atoms with van der Waals surface area (Å²) in [5.74, 6) is 0.635. The lowest BCUT2D eigenvalue weighted by Crippen LogP contribution is -2.09. The SMILES string of the molecule is COc1ccc2c(-c3ccc(Cl)cc3)n[nH]c(=O)c2c1. The summed E-state index contributed by atoms with van der Waals surface area (Å²) >= 11 is 5.89. The van der Waals surface area contributed by atoms with Gasteiger partial charge in [0.2, 0.25) is 0 Å². The van der Waals surface area contributed by atoms with E-state index in [-0.39, 0.29) is 5.56 Å². The Morgan fingerprint density at radius 3 is 2.55 bits per heavy atom. The molecule has 0 spiro atoms. The molecule has 0 saturated heterocycles. The number of aromatic nitrogens is 2. The Balaban J connectivity index is 2.29. The lowest BCUT2D eigenvalue weighted by molar-refractivity contribution is 0.415. The molecule has 5 heteroatoms. The quantitative estimate of drug-likeness (QED) is 0.787. The molecule has 0 radical (unpaired) electrons. The molecule has 2 aromatic carbocycles. The molecule has 0 bridgehead atoms. The van der Waals surface area contributed by atoms with Crippen LogP contribution in [0.4, 0.5) is 0 Å². The van der Waals surface area contributed by atoms with Gasteiger partial charge >= 0.3 is 0 Å². The van der Waals surface area contributed by atoms with Gasteiger partial charge in [-0.25, -0.2) is 5.10 Å². The van der Waals surface area contributed by atoms with Gasteiger partial charge in [0, 0.05) is 16.0 Å². The molecule has 100 valence electrons. The number of benzene rings is 2. The molecule has 1 aromatic heterocycles. The second kappa shape index (κ2) is 4.98. The Kier molecular flexibility index (Phi) is 3.16. The minimum Gasteiger partial charge on any atom is -0.497 e. The average molecular weight is 287 g/mol. The number of hydrogen-bond donors (Lipinski definition) is 1. The highest BCUT2D eigenvalue weighted by Crippen LogP contribution is 2.27. The number of nitrogens with zero attached hydrogens (tertiary/aromatic N) is 1. The van der Waals surface area contributed by atoms with E-state index in [0.717, 1.165) is 10.9 Å². The average Bonchev–Trinajstić information content (AvgIpc) is 2.49. The Hall–Kier alpha value is -2.33. The van der Waals surface area contributed by atoms with Crippen LogP contribution in [0, 0.1) is 0 Å². The summed E-state index contributed by atoms with van der Waals surface area (Å²) in [7, 11) is 1.57. The van der Waals surface area contributed by atoms with E-state index in [1.807, 2.05) is 24.3 Å². The fraction of sp³-hybridized carbons (Fsp3) is 0.0667. The number of ether oxygens (including phenoxy) is 1. The maximum atomic E-state index is 11.9. The van der Waals surface area contributed by atoms with Crippen LogP contribution in [0.2, 0.25) is 5.02 Å². The number of nitrogens with one attached hydrogen (secondary N) is 1. The molecular formula is C15H11ClN2O2. The lowest BCUT2D eigenvalue weighted by Gasteiger charge is -2.06. The summed E-state index contributed by atoms with van der Waals surface area (Å²) < 4.78 is 5.15. The van der Waals surface area contributed by atoms with Crippen LogP contribution < -0.4 is 10.3 Å². The first-order chi connectivity index (χ1) is 9.69. The Labute approximate surface area is 120 Å². The molecule has 0 atom stereocenters. The first kappa shape index (κ1) is 12.7. The normalized spacial score (nSPS) is 10.7. The minimum atomic E-state index is -0.239. The van der Waals surface area contributed by atoms with Gasteiger partial charge in [0.25, 0.3) is 5.56 Å². The summed E-state index contributed by atoms with van der Waals surface area (Å²) in [6.45, 7) is 0. The zero-order chi connectivity index (χ0) is 14.1. The van der Waals surface area contributed by atoms with E-state index in [2.05, 4.69) is 10.2 Å². The fourth-order valence-corrected chi connectivity index (χ4v) is 2.23. The molecule has 4 nitrogen and oxygen atoms in total. The topological polar surface area (TPSA) is 55.0 Å². The molecule has 0 aliphatic carbocycles. The second-order valence-corrected chi connectivity index (χ2v) is 4.76. The predicted octanol–water partition coefficient (Wildman–Crippen LogP) is 3.25. The zero-order valence-electron chi connectivity index (χ0n) is 10.7. The summed E-state index contributed by atoms with van der Waals surface area (Å²) in [5, 5.41) is 8.63. The van der Waals surface area contributed by atoms with Gasteiger partial charge in [0.15, 0.2) is 0 Å². The maximum absolute atomic E-state index is 11.9. The molecule has 0 unspecified atom stereocenters. The molecule has 0 amide bonds. The number of methoxy groups -OCH3 is 1. The first-order valence-electron chi connectivity index (χ1n) is 6.01. The molecule has 20 heavy (non-hydrogen) atoms. The third-order valence-corrected chi connectivity index (χ3v) is 3.37. The largest absolute Gasteiger partial charge is 0.497 e. The van der Waals surface area contributed by atoms with E-state index in [0.29, 0.717) is 21.9 Å². The van der Waals surface area contributed by atoms with Crippen molar-refractivity contribution in [3.05, 3.63) is 57.8 Å². The summed E-state index contributed by atoms with van der Waals surface area (Å²) in [6, 6.07) is 12.7. The molecule has 0 aliphatic rings. The third kappa shape index (κ3) is 2.14. The van der Waals surface area contributed by atoms with Gasteiger partial charge in [-0.15, -0.1) is 0 Å². The number of H-pyrrole nitrogens is 1. The third-order valence-electron chi connectivity index (χ3n) is 3.11. The molecule has 1 heterocycles. The number of hydrogen-bond acceptors (Lipinski definition) is 3. The van der Waals surface area contributed by atoms with Gasteiger partial charge in [0.05, 0.1) is 18.2 Å². The highest BCUT2D eigenvalue weighted by molar-refractivity contribution is 6.30. The Morgan fingerprint density at radius 2 is 1.85 bits per heavy atom. The number of rotatable bonds is 2. The standard InChI is InChI=1S/C15H11ClN2O2/c1-20-11-6-7-12-13(8-11)15(19)18-17-14(12)9-2-4-10(16)5-3-9/h2-8H,1H3,(H,18,19). The number of halogens is 1. The van der Waals surface area contributed by atoms with Crippen LogP contribution in [0.5, 0.6) is 5.75 Å². The number of aromatic amines is 1. The van der Waals surface area contributed by atoms with Crippen molar-refractivity contribution in [1.82, 2.24) is 10.2 Å². The van der Waals surface area contributed by atoms with E-state index < -0.39 is 0 Å². The maximum Gasteiger partial charge on any atom is 0.272 e. The van der Waals surface area contributed by atoms with Crippen LogP contribution in [0.1, 0.15) is 0 Å². The fourth-order valence-electron chi connectivity index (χ4n) is 2.10. The summed E-state index contributed by atoms with van der Waals surface area (Å²) in [5.41, 5.74) is 1.36. The van der Waals surface area contributed by atoms with Gasteiger partial charge in [-0.2, -0.15) is 5.10 Å². The van der Waals surface area contributed by atoms with E-state index >= 15 is 0 Å². The van der Waals surface area contributed by atoms with Crippen LogP contribution >= 0.6 is 11.6 Å². The highest BCUT2D eigenvalue weighted by Gasteiger charge is 2.09. The molecule has 3 aromatic rings. The van der Waals surface area contributed by atoms with Crippen LogP contribution in [0.3, 0.4) is 0 Å². The second-order valence-electron chi connectivity index (χ2n) is 4.32. The highest BCUT2D eigenvalue weighted by atomic mass is 35.5. The smallest absolute Gasteiger partial charge is 0.272 e. The Bertz CT molecular complexity index is 825. The van der Waals surface area contributed by atoms with Crippen molar-refractivity contribution in [2.24, 2.45) is 0 Å². The summed E-state index contributed by atoms with van der Waals surface area (Å²) in [6.07, 6.45) is 0. The van der Waals surface area contributed by atoms with E-state index in [4.69, 9.17) is 16.3 Å². The van der Waals surface area contributed by atoms with Crippen LogP contribution in [0.15, 0.2) is 47.3 Å². The van der Waals surface area contributed by atoms with Gasteiger partial charge in [-0.3, -0.25) is 4.79 Å². The van der Waals surface area contributed by atoms with Crippen molar-refractivity contribution in [2.75, 3.05) is 7.11 Å². The molecule has 1 N–H and O–H groups in total. The molecule has 0 saturated carbocycles. The Morgan fingerprint density at radius 1 is 1.10 bits per heavy atom. The zero-order valence-corrected chi connectivity index (χ0v) is 11.4. The van der Waals surface area contributed by atoms with Crippen molar-refractivity contribution < 1.29 is 4.74 Å². The molecule has 3 rings (SSSR count). The first-order valence-corrected chi connectivity index (χ1v) is 6.39. The van der Waals surface area contributed by atoms with Crippen molar-refractivity contribution in [3.8, 4) is 17.0 Å².